The average molecular weight is 326 g/mol. The third kappa shape index (κ3) is 1.53. The quantitative estimate of drug-likeness (QED) is 0.800. The minimum atomic E-state index is -0.661. The molecule has 0 N–H and O–H groups in total. The summed E-state index contributed by atoms with van der Waals surface area (Å²) in [5, 5.41) is 0. The number of fused-ring (bicyclic) bond motifs is 5. The van der Waals surface area contributed by atoms with Gasteiger partial charge in [0.2, 0.25) is 11.8 Å². The summed E-state index contributed by atoms with van der Waals surface area (Å²) in [7, 11) is 1.57. The third-order valence-corrected chi connectivity index (χ3v) is 6.20. The summed E-state index contributed by atoms with van der Waals surface area (Å²) in [6.45, 7) is 4.02. The molecular formula is C19H22N2O3. The maximum absolute atomic E-state index is 13.1. The first-order valence-corrected chi connectivity index (χ1v) is 8.71. The van der Waals surface area contributed by atoms with Crippen LogP contribution in [0.4, 0.5) is 0 Å². The summed E-state index contributed by atoms with van der Waals surface area (Å²) >= 11 is 0. The van der Waals surface area contributed by atoms with E-state index in [1.807, 2.05) is 36.1 Å². The van der Waals surface area contributed by atoms with E-state index in [1.165, 1.54) is 4.90 Å². The fraction of sp³-hybridized carbons (Fsp3) is 0.526. The highest BCUT2D eigenvalue weighted by molar-refractivity contribution is 6.10. The van der Waals surface area contributed by atoms with Crippen molar-refractivity contribution in [1.82, 2.24) is 9.80 Å². The van der Waals surface area contributed by atoms with E-state index < -0.39 is 17.4 Å². The molecule has 4 atom stereocenters. The van der Waals surface area contributed by atoms with Gasteiger partial charge in [-0.25, -0.2) is 0 Å². The van der Waals surface area contributed by atoms with Gasteiger partial charge >= 0.3 is 0 Å². The summed E-state index contributed by atoms with van der Waals surface area (Å²) in [4.78, 5) is 41.8. The van der Waals surface area contributed by atoms with Crippen LogP contribution < -0.4 is 0 Å². The lowest BCUT2D eigenvalue weighted by molar-refractivity contribution is -0.140. The van der Waals surface area contributed by atoms with Crippen LogP contribution in [0.2, 0.25) is 0 Å². The van der Waals surface area contributed by atoms with Crippen molar-refractivity contribution < 1.29 is 14.4 Å². The second-order valence-electron chi connectivity index (χ2n) is 7.23. The van der Waals surface area contributed by atoms with Crippen molar-refractivity contribution in [2.24, 2.45) is 11.8 Å². The van der Waals surface area contributed by atoms with Gasteiger partial charge in [-0.2, -0.15) is 0 Å². The Kier molecular flexibility index (Phi) is 3.15. The van der Waals surface area contributed by atoms with Gasteiger partial charge in [-0.05, 0) is 25.0 Å². The molecule has 1 aromatic carbocycles. The van der Waals surface area contributed by atoms with E-state index in [9.17, 15) is 14.4 Å². The largest absolute Gasteiger partial charge is 0.324 e. The lowest BCUT2D eigenvalue weighted by Crippen LogP contribution is -2.48. The topological polar surface area (TPSA) is 57.7 Å². The van der Waals surface area contributed by atoms with Gasteiger partial charge in [-0.1, -0.05) is 38.0 Å². The van der Waals surface area contributed by atoms with Crippen molar-refractivity contribution in [3.63, 3.8) is 0 Å². The monoisotopic (exact) mass is 326 g/mol. The maximum atomic E-state index is 13.1. The number of benzene rings is 1. The minimum absolute atomic E-state index is 0.0353. The van der Waals surface area contributed by atoms with E-state index in [4.69, 9.17) is 0 Å². The predicted octanol–water partition coefficient (Wildman–Crippen LogP) is 2.16. The Morgan fingerprint density at radius 1 is 1.12 bits per heavy atom. The number of nitrogens with zero attached hydrogens (tertiary/aromatic N) is 2. The molecule has 0 aliphatic carbocycles. The number of rotatable bonds is 3. The molecule has 3 amide bonds. The molecule has 0 saturated carbocycles. The summed E-state index contributed by atoms with van der Waals surface area (Å²) in [5.74, 6) is -1.19. The number of carbonyl (C=O) groups excluding carboxylic acids is 3. The number of unbranched alkanes of at least 4 members (excludes halogenated alkanes) is 1. The van der Waals surface area contributed by atoms with Crippen LogP contribution in [-0.2, 0) is 15.1 Å². The van der Waals surface area contributed by atoms with Gasteiger partial charge in [0.05, 0.1) is 17.4 Å². The lowest BCUT2D eigenvalue weighted by Gasteiger charge is -2.38. The molecule has 2 saturated heterocycles. The van der Waals surface area contributed by atoms with Crippen LogP contribution >= 0.6 is 0 Å². The third-order valence-electron chi connectivity index (χ3n) is 6.20. The summed E-state index contributed by atoms with van der Waals surface area (Å²) in [5.41, 5.74) is 0.957. The number of amides is 3. The zero-order chi connectivity index (χ0) is 17.2. The lowest BCUT2D eigenvalue weighted by atomic mass is 9.73. The second-order valence-corrected chi connectivity index (χ2v) is 7.23. The first-order chi connectivity index (χ1) is 11.5. The molecule has 0 unspecified atom stereocenters. The van der Waals surface area contributed by atoms with E-state index >= 15 is 0 Å². The van der Waals surface area contributed by atoms with Crippen molar-refractivity contribution in [1.29, 1.82) is 0 Å². The molecule has 3 aliphatic rings. The van der Waals surface area contributed by atoms with Gasteiger partial charge in [0.1, 0.15) is 0 Å². The molecule has 126 valence electrons. The van der Waals surface area contributed by atoms with Crippen LogP contribution in [0.5, 0.6) is 0 Å². The standard InChI is InChI=1S/C19H22N2O3/c1-4-5-10-19-13-9-7-6-8-12(13)16(22)21(19)11(2)14-15(19)18(24)20(3)17(14)23/h6-9,11,14-15H,4-5,10H2,1-3H3/t11-,14-,15+,19-/m1/s1. The molecule has 5 heteroatoms. The van der Waals surface area contributed by atoms with Crippen LogP contribution in [0.1, 0.15) is 49.0 Å². The highest BCUT2D eigenvalue weighted by atomic mass is 16.2. The van der Waals surface area contributed by atoms with E-state index in [1.54, 1.807) is 7.05 Å². The van der Waals surface area contributed by atoms with Gasteiger partial charge in [0.15, 0.2) is 0 Å². The second kappa shape index (κ2) is 4.91. The Morgan fingerprint density at radius 3 is 2.54 bits per heavy atom. The number of carbonyl (C=O) groups is 3. The molecule has 0 aromatic heterocycles. The Hall–Kier alpha value is -2.17. The molecule has 5 nitrogen and oxygen atoms in total. The van der Waals surface area contributed by atoms with Crippen molar-refractivity contribution in [3.05, 3.63) is 35.4 Å². The normalized spacial score (nSPS) is 34.0. The highest BCUT2D eigenvalue weighted by Crippen LogP contribution is 2.59. The average Bonchev–Trinajstić information content (AvgIpc) is 3.09. The van der Waals surface area contributed by atoms with E-state index in [0.717, 1.165) is 24.8 Å². The number of imide groups is 1. The van der Waals surface area contributed by atoms with Crippen LogP contribution in [0, 0.1) is 11.8 Å². The number of hydrogen-bond donors (Lipinski definition) is 0. The van der Waals surface area contributed by atoms with Crippen LogP contribution in [0.3, 0.4) is 0 Å². The van der Waals surface area contributed by atoms with Crippen molar-refractivity contribution in [2.75, 3.05) is 7.05 Å². The minimum Gasteiger partial charge on any atom is -0.324 e. The number of hydrogen-bond acceptors (Lipinski definition) is 3. The van der Waals surface area contributed by atoms with Crippen molar-refractivity contribution in [3.8, 4) is 0 Å². The van der Waals surface area contributed by atoms with Gasteiger partial charge in [-0.3, -0.25) is 19.3 Å². The zero-order valence-corrected chi connectivity index (χ0v) is 14.3. The molecular weight excluding hydrogens is 304 g/mol. The van der Waals surface area contributed by atoms with Gasteiger partial charge in [-0.15, -0.1) is 0 Å². The molecule has 0 spiro atoms. The molecule has 0 radical (unpaired) electrons. The molecule has 3 aliphatic heterocycles. The summed E-state index contributed by atoms with van der Waals surface area (Å²) in [6, 6.07) is 7.34. The molecule has 24 heavy (non-hydrogen) atoms. The zero-order valence-electron chi connectivity index (χ0n) is 14.3. The number of likely N-dealkylation sites (tertiary alicyclic amines) is 1. The maximum Gasteiger partial charge on any atom is 0.255 e. The molecule has 3 heterocycles. The van der Waals surface area contributed by atoms with Gasteiger partial charge in [0.25, 0.3) is 5.91 Å². The highest BCUT2D eigenvalue weighted by Gasteiger charge is 2.71. The molecule has 1 aromatic rings. The predicted molar refractivity (Wildman–Crippen MR) is 88.0 cm³/mol. The summed E-state index contributed by atoms with van der Waals surface area (Å²) < 4.78 is 0. The Labute approximate surface area is 141 Å². The SMILES string of the molecule is CCCC[C@]12c3ccccc3C(=O)N1[C@H](C)[C@H]1C(=O)N(C)C(=O)[C@H]12. The fourth-order valence-corrected chi connectivity index (χ4v) is 5.19. The first-order valence-electron chi connectivity index (χ1n) is 8.71. The fourth-order valence-electron chi connectivity index (χ4n) is 5.19. The first kappa shape index (κ1) is 15.4. The van der Waals surface area contributed by atoms with Gasteiger partial charge < -0.3 is 4.90 Å². The Balaban J connectivity index is 1.97. The van der Waals surface area contributed by atoms with Crippen LogP contribution in [0.15, 0.2) is 24.3 Å². The van der Waals surface area contributed by atoms with E-state index in [-0.39, 0.29) is 23.8 Å². The smallest absolute Gasteiger partial charge is 0.255 e. The van der Waals surface area contributed by atoms with Crippen LogP contribution in [0.25, 0.3) is 0 Å². The molecule has 4 rings (SSSR count). The van der Waals surface area contributed by atoms with Crippen LogP contribution in [-0.4, -0.2) is 40.6 Å². The van der Waals surface area contributed by atoms with Crippen molar-refractivity contribution >= 4 is 17.7 Å². The van der Waals surface area contributed by atoms with E-state index in [2.05, 4.69) is 6.92 Å². The van der Waals surface area contributed by atoms with Gasteiger partial charge in [0, 0.05) is 18.7 Å². The molecule has 2 fully saturated rings. The Bertz CT molecular complexity index is 759. The summed E-state index contributed by atoms with van der Waals surface area (Å²) in [6.07, 6.45) is 2.62. The Morgan fingerprint density at radius 2 is 1.83 bits per heavy atom. The van der Waals surface area contributed by atoms with Crippen molar-refractivity contribution in [2.45, 2.75) is 44.7 Å². The molecule has 0 bridgehead atoms. The van der Waals surface area contributed by atoms with E-state index in [0.29, 0.717) is 5.56 Å².